The van der Waals surface area contributed by atoms with Crippen molar-refractivity contribution in [2.75, 3.05) is 30.3 Å². The van der Waals surface area contributed by atoms with Gasteiger partial charge in [-0.2, -0.15) is 0 Å². The Hall–Kier alpha value is -1.22. The molecule has 94 valence electrons. The molecule has 1 unspecified atom stereocenters. The summed E-state index contributed by atoms with van der Waals surface area (Å²) in [6.45, 7) is 7.19. The lowest BCUT2D eigenvalue weighted by atomic mass is 10.1. The minimum Gasteiger partial charge on any atom is -0.399 e. The first-order valence-electron chi connectivity index (χ1n) is 6.43. The molecular weight excluding hydrogens is 212 g/mol. The molecule has 0 spiro atoms. The molecule has 1 aromatic carbocycles. The van der Waals surface area contributed by atoms with Crippen LogP contribution in [0, 0.1) is 6.92 Å². The lowest BCUT2D eigenvalue weighted by Gasteiger charge is -2.27. The van der Waals surface area contributed by atoms with E-state index >= 15 is 0 Å². The molecule has 1 aliphatic heterocycles. The predicted molar refractivity (Wildman–Crippen MR) is 72.5 cm³/mol. The SMILES string of the molecule is CCN(CC1CCCO1)c1cc(N)ccc1C. The van der Waals surface area contributed by atoms with Crippen molar-refractivity contribution in [3.63, 3.8) is 0 Å². The topological polar surface area (TPSA) is 38.5 Å². The van der Waals surface area contributed by atoms with Gasteiger partial charge in [-0.3, -0.25) is 0 Å². The van der Waals surface area contributed by atoms with Crippen LogP contribution >= 0.6 is 0 Å². The number of nitrogens with zero attached hydrogens (tertiary/aromatic N) is 1. The maximum Gasteiger partial charge on any atom is 0.0750 e. The number of hydrogen-bond acceptors (Lipinski definition) is 3. The van der Waals surface area contributed by atoms with E-state index in [0.29, 0.717) is 6.10 Å². The summed E-state index contributed by atoms with van der Waals surface area (Å²) in [6.07, 6.45) is 2.76. The molecule has 0 radical (unpaired) electrons. The molecule has 1 aliphatic rings. The van der Waals surface area contributed by atoms with Gasteiger partial charge in [0.25, 0.3) is 0 Å². The Bertz CT molecular complexity index is 372. The molecule has 0 amide bonds. The average Bonchev–Trinajstić information content (AvgIpc) is 2.82. The number of likely N-dealkylation sites (N-methyl/N-ethyl adjacent to an activating group) is 1. The molecule has 0 aliphatic carbocycles. The molecule has 2 rings (SSSR count). The highest BCUT2D eigenvalue weighted by Crippen LogP contribution is 2.24. The highest BCUT2D eigenvalue weighted by Gasteiger charge is 2.19. The first-order chi connectivity index (χ1) is 8.20. The molecular formula is C14H22N2O. The van der Waals surface area contributed by atoms with Crippen molar-refractivity contribution < 1.29 is 4.74 Å². The quantitative estimate of drug-likeness (QED) is 0.814. The van der Waals surface area contributed by atoms with Gasteiger partial charge in [0, 0.05) is 31.1 Å². The Balaban J connectivity index is 2.13. The second kappa shape index (κ2) is 5.41. The van der Waals surface area contributed by atoms with Crippen LogP contribution in [0.1, 0.15) is 25.3 Å². The fourth-order valence-electron chi connectivity index (χ4n) is 2.40. The summed E-state index contributed by atoms with van der Waals surface area (Å²) in [7, 11) is 0. The first kappa shape index (κ1) is 12.2. The normalized spacial score (nSPS) is 19.5. The van der Waals surface area contributed by atoms with Gasteiger partial charge in [0.15, 0.2) is 0 Å². The van der Waals surface area contributed by atoms with E-state index in [2.05, 4.69) is 30.9 Å². The maximum atomic E-state index is 5.87. The fraction of sp³-hybridized carbons (Fsp3) is 0.571. The standard InChI is InChI=1S/C14H22N2O/c1-3-16(10-13-5-4-8-17-13)14-9-12(15)7-6-11(14)2/h6-7,9,13H,3-5,8,10,15H2,1-2H3. The molecule has 3 nitrogen and oxygen atoms in total. The van der Waals surface area contributed by atoms with Crippen molar-refractivity contribution in [2.45, 2.75) is 32.8 Å². The molecule has 0 bridgehead atoms. The molecule has 1 saturated heterocycles. The summed E-state index contributed by atoms with van der Waals surface area (Å²) in [4.78, 5) is 2.36. The molecule has 0 saturated carbocycles. The van der Waals surface area contributed by atoms with Gasteiger partial charge in [-0.15, -0.1) is 0 Å². The van der Waals surface area contributed by atoms with Crippen molar-refractivity contribution in [3.8, 4) is 0 Å². The molecule has 3 heteroatoms. The molecule has 1 heterocycles. The fourth-order valence-corrected chi connectivity index (χ4v) is 2.40. The van der Waals surface area contributed by atoms with Gasteiger partial charge in [-0.1, -0.05) is 6.07 Å². The number of hydrogen-bond donors (Lipinski definition) is 1. The van der Waals surface area contributed by atoms with Crippen LogP contribution in [-0.2, 0) is 4.74 Å². The second-order valence-electron chi connectivity index (χ2n) is 4.72. The van der Waals surface area contributed by atoms with Crippen LogP contribution in [0.4, 0.5) is 11.4 Å². The van der Waals surface area contributed by atoms with E-state index in [-0.39, 0.29) is 0 Å². The number of nitrogens with two attached hydrogens (primary N) is 1. The second-order valence-corrected chi connectivity index (χ2v) is 4.72. The van der Waals surface area contributed by atoms with Crippen LogP contribution in [0.15, 0.2) is 18.2 Å². The summed E-state index contributed by atoms with van der Waals surface area (Å²) in [5.41, 5.74) is 9.22. The van der Waals surface area contributed by atoms with Crippen LogP contribution in [-0.4, -0.2) is 25.8 Å². The smallest absolute Gasteiger partial charge is 0.0750 e. The predicted octanol–water partition coefficient (Wildman–Crippen LogP) is 2.58. The molecule has 1 atom stereocenters. The van der Waals surface area contributed by atoms with Gasteiger partial charge in [0.05, 0.1) is 6.10 Å². The largest absolute Gasteiger partial charge is 0.399 e. The summed E-state index contributed by atoms with van der Waals surface area (Å²) < 4.78 is 5.70. The lowest BCUT2D eigenvalue weighted by molar-refractivity contribution is 0.115. The van der Waals surface area contributed by atoms with Crippen molar-refractivity contribution in [1.29, 1.82) is 0 Å². The number of aryl methyl sites for hydroxylation is 1. The Morgan fingerprint density at radius 1 is 1.47 bits per heavy atom. The third kappa shape index (κ3) is 2.91. The Kier molecular flexibility index (Phi) is 3.89. The summed E-state index contributed by atoms with van der Waals surface area (Å²) >= 11 is 0. The van der Waals surface area contributed by atoms with Gasteiger partial charge in [0.1, 0.15) is 0 Å². The zero-order valence-electron chi connectivity index (χ0n) is 10.8. The first-order valence-corrected chi connectivity index (χ1v) is 6.43. The number of anilines is 2. The van der Waals surface area contributed by atoms with E-state index < -0.39 is 0 Å². The van der Waals surface area contributed by atoms with Gasteiger partial charge in [-0.05, 0) is 44.4 Å². The number of ether oxygens (including phenoxy) is 1. The van der Waals surface area contributed by atoms with E-state index in [4.69, 9.17) is 10.5 Å². The van der Waals surface area contributed by atoms with Gasteiger partial charge < -0.3 is 15.4 Å². The lowest BCUT2D eigenvalue weighted by Crippen LogP contribution is -2.32. The van der Waals surface area contributed by atoms with Crippen molar-refractivity contribution in [3.05, 3.63) is 23.8 Å². The van der Waals surface area contributed by atoms with E-state index in [1.54, 1.807) is 0 Å². The van der Waals surface area contributed by atoms with E-state index in [0.717, 1.165) is 25.4 Å². The average molecular weight is 234 g/mol. The highest BCUT2D eigenvalue weighted by atomic mass is 16.5. The van der Waals surface area contributed by atoms with Gasteiger partial charge in [-0.25, -0.2) is 0 Å². The van der Waals surface area contributed by atoms with Crippen LogP contribution < -0.4 is 10.6 Å². The third-order valence-electron chi connectivity index (χ3n) is 3.40. The zero-order valence-corrected chi connectivity index (χ0v) is 10.8. The van der Waals surface area contributed by atoms with Gasteiger partial charge >= 0.3 is 0 Å². The number of nitrogen functional groups attached to an aromatic ring is 1. The number of rotatable bonds is 4. The number of benzene rings is 1. The molecule has 0 aromatic heterocycles. The molecule has 1 fully saturated rings. The van der Waals surface area contributed by atoms with Gasteiger partial charge in [0.2, 0.25) is 0 Å². The summed E-state index contributed by atoms with van der Waals surface area (Å²) in [5, 5.41) is 0. The Morgan fingerprint density at radius 2 is 2.29 bits per heavy atom. The zero-order chi connectivity index (χ0) is 12.3. The Morgan fingerprint density at radius 3 is 2.94 bits per heavy atom. The minimum atomic E-state index is 0.385. The van der Waals surface area contributed by atoms with E-state index in [1.807, 2.05) is 6.07 Å². The van der Waals surface area contributed by atoms with Crippen LogP contribution in [0.5, 0.6) is 0 Å². The molecule has 2 N–H and O–H groups in total. The minimum absolute atomic E-state index is 0.385. The summed E-state index contributed by atoms with van der Waals surface area (Å²) in [5.74, 6) is 0. The highest BCUT2D eigenvalue weighted by molar-refractivity contribution is 5.60. The van der Waals surface area contributed by atoms with Crippen molar-refractivity contribution in [1.82, 2.24) is 0 Å². The van der Waals surface area contributed by atoms with Crippen LogP contribution in [0.3, 0.4) is 0 Å². The Labute approximate surface area is 104 Å². The summed E-state index contributed by atoms with van der Waals surface area (Å²) in [6, 6.07) is 6.11. The van der Waals surface area contributed by atoms with Crippen LogP contribution in [0.25, 0.3) is 0 Å². The van der Waals surface area contributed by atoms with Crippen molar-refractivity contribution >= 4 is 11.4 Å². The van der Waals surface area contributed by atoms with E-state index in [1.165, 1.54) is 24.1 Å². The molecule has 1 aromatic rings. The monoisotopic (exact) mass is 234 g/mol. The van der Waals surface area contributed by atoms with E-state index in [9.17, 15) is 0 Å². The molecule has 17 heavy (non-hydrogen) atoms. The van der Waals surface area contributed by atoms with Crippen LogP contribution in [0.2, 0.25) is 0 Å². The maximum absolute atomic E-state index is 5.87. The third-order valence-corrected chi connectivity index (χ3v) is 3.40. The van der Waals surface area contributed by atoms with Crippen molar-refractivity contribution in [2.24, 2.45) is 0 Å².